The summed E-state index contributed by atoms with van der Waals surface area (Å²) in [5, 5.41) is 2.74. The summed E-state index contributed by atoms with van der Waals surface area (Å²) in [6.07, 6.45) is 2.43. The van der Waals surface area contributed by atoms with E-state index in [2.05, 4.69) is 73.1 Å². The number of aryl methyl sites for hydroxylation is 1. The lowest BCUT2D eigenvalue weighted by Gasteiger charge is -2.23. The van der Waals surface area contributed by atoms with Gasteiger partial charge in [-0.15, -0.1) is 0 Å². The fraction of sp³-hybridized carbons (Fsp3) is 0.412. The molecule has 0 N–H and O–H groups in total. The molecule has 96 valence electrons. The molecule has 2 aromatic rings. The molecule has 0 heterocycles. The van der Waals surface area contributed by atoms with Gasteiger partial charge < -0.3 is 0 Å². The summed E-state index contributed by atoms with van der Waals surface area (Å²) in [4.78, 5) is 0.457. The largest absolute Gasteiger partial charge is 0.0835 e. The highest BCUT2D eigenvalue weighted by Gasteiger charge is 2.20. The summed E-state index contributed by atoms with van der Waals surface area (Å²) in [7, 11) is 0. The molecule has 0 aliphatic rings. The molecule has 0 aromatic heterocycles. The molecular formula is C17H21Br. The van der Waals surface area contributed by atoms with Crippen molar-refractivity contribution in [1.29, 1.82) is 0 Å². The first-order valence-corrected chi connectivity index (χ1v) is 7.72. The van der Waals surface area contributed by atoms with Crippen molar-refractivity contribution in [3.63, 3.8) is 0 Å². The van der Waals surface area contributed by atoms with E-state index in [1.807, 2.05) is 0 Å². The van der Waals surface area contributed by atoms with Crippen LogP contribution in [-0.2, 0) is 0 Å². The molecule has 0 saturated heterocycles. The Bertz CT molecular complexity index is 526. The number of hydrogen-bond donors (Lipinski definition) is 0. The SMILES string of the molecule is CCC(CC)C(Br)c1c(C)ccc2ccccc12. The topological polar surface area (TPSA) is 0 Å². The van der Waals surface area contributed by atoms with E-state index in [1.165, 1.54) is 34.7 Å². The lowest BCUT2D eigenvalue weighted by Crippen LogP contribution is -2.07. The van der Waals surface area contributed by atoms with Crippen molar-refractivity contribution >= 4 is 26.7 Å². The minimum atomic E-state index is 0.457. The van der Waals surface area contributed by atoms with Crippen LogP contribution in [0.15, 0.2) is 36.4 Å². The van der Waals surface area contributed by atoms with Crippen molar-refractivity contribution in [2.45, 2.75) is 38.4 Å². The quantitative estimate of drug-likeness (QED) is 0.606. The van der Waals surface area contributed by atoms with Crippen LogP contribution in [0.1, 0.15) is 42.6 Å². The van der Waals surface area contributed by atoms with E-state index >= 15 is 0 Å². The zero-order chi connectivity index (χ0) is 13.1. The van der Waals surface area contributed by atoms with Crippen LogP contribution in [-0.4, -0.2) is 0 Å². The second kappa shape index (κ2) is 5.88. The van der Waals surface area contributed by atoms with Crippen molar-refractivity contribution in [2.75, 3.05) is 0 Å². The smallest absolute Gasteiger partial charge is 0.0432 e. The van der Waals surface area contributed by atoms with Crippen molar-refractivity contribution < 1.29 is 0 Å². The lowest BCUT2D eigenvalue weighted by atomic mass is 9.89. The monoisotopic (exact) mass is 304 g/mol. The fourth-order valence-corrected chi connectivity index (χ4v) is 4.06. The number of fused-ring (bicyclic) bond motifs is 1. The highest BCUT2D eigenvalue weighted by atomic mass is 79.9. The minimum Gasteiger partial charge on any atom is -0.0835 e. The normalized spacial score (nSPS) is 13.2. The summed E-state index contributed by atoms with van der Waals surface area (Å²) in [6.45, 7) is 6.78. The first-order valence-electron chi connectivity index (χ1n) is 6.81. The maximum atomic E-state index is 3.94. The summed E-state index contributed by atoms with van der Waals surface area (Å²) in [5.74, 6) is 0.703. The maximum absolute atomic E-state index is 3.94. The summed E-state index contributed by atoms with van der Waals surface area (Å²) in [5.41, 5.74) is 2.87. The van der Waals surface area contributed by atoms with Crippen LogP contribution in [0.4, 0.5) is 0 Å². The van der Waals surface area contributed by atoms with E-state index in [-0.39, 0.29) is 0 Å². The van der Waals surface area contributed by atoms with Crippen LogP contribution in [0.3, 0.4) is 0 Å². The van der Waals surface area contributed by atoms with Crippen molar-refractivity contribution in [2.24, 2.45) is 5.92 Å². The fourth-order valence-electron chi connectivity index (χ4n) is 2.71. The van der Waals surface area contributed by atoms with Crippen LogP contribution in [0.5, 0.6) is 0 Å². The van der Waals surface area contributed by atoms with Crippen LogP contribution >= 0.6 is 15.9 Å². The Hall–Kier alpha value is -0.820. The Morgan fingerprint density at radius 1 is 1.00 bits per heavy atom. The average molecular weight is 305 g/mol. The zero-order valence-electron chi connectivity index (χ0n) is 11.4. The third-order valence-electron chi connectivity index (χ3n) is 3.93. The van der Waals surface area contributed by atoms with Gasteiger partial charge in [-0.1, -0.05) is 79.0 Å². The number of benzene rings is 2. The van der Waals surface area contributed by atoms with E-state index in [0.29, 0.717) is 10.7 Å². The van der Waals surface area contributed by atoms with Gasteiger partial charge >= 0.3 is 0 Å². The molecule has 0 nitrogen and oxygen atoms in total. The van der Waals surface area contributed by atoms with Gasteiger partial charge in [0.2, 0.25) is 0 Å². The van der Waals surface area contributed by atoms with E-state index < -0.39 is 0 Å². The molecule has 0 bridgehead atoms. The van der Waals surface area contributed by atoms with Gasteiger partial charge in [0.25, 0.3) is 0 Å². The van der Waals surface area contributed by atoms with Gasteiger partial charge in [0.15, 0.2) is 0 Å². The number of halogens is 1. The molecule has 0 fully saturated rings. The van der Waals surface area contributed by atoms with Gasteiger partial charge in [-0.3, -0.25) is 0 Å². The van der Waals surface area contributed by atoms with Gasteiger partial charge in [0.05, 0.1) is 0 Å². The van der Waals surface area contributed by atoms with Gasteiger partial charge in [-0.2, -0.15) is 0 Å². The van der Waals surface area contributed by atoms with Crippen molar-refractivity contribution in [3.05, 3.63) is 47.5 Å². The highest BCUT2D eigenvalue weighted by molar-refractivity contribution is 9.09. The summed E-state index contributed by atoms with van der Waals surface area (Å²) in [6, 6.07) is 13.2. The third kappa shape index (κ3) is 2.47. The molecule has 0 radical (unpaired) electrons. The first kappa shape index (κ1) is 13.6. The minimum absolute atomic E-state index is 0.457. The molecule has 0 aliphatic carbocycles. The molecule has 1 atom stereocenters. The first-order chi connectivity index (χ1) is 8.69. The maximum Gasteiger partial charge on any atom is 0.0432 e. The molecule has 0 saturated carbocycles. The number of alkyl halides is 1. The van der Waals surface area contributed by atoms with E-state index in [0.717, 1.165) is 0 Å². The number of hydrogen-bond acceptors (Lipinski definition) is 0. The highest BCUT2D eigenvalue weighted by Crippen LogP contribution is 2.40. The second-order valence-corrected chi connectivity index (χ2v) is 5.98. The zero-order valence-corrected chi connectivity index (χ0v) is 13.0. The summed E-state index contributed by atoms with van der Waals surface area (Å²) < 4.78 is 0. The van der Waals surface area contributed by atoms with Crippen LogP contribution in [0, 0.1) is 12.8 Å². The molecule has 2 rings (SSSR count). The molecule has 0 aliphatic heterocycles. The summed E-state index contributed by atoms with van der Waals surface area (Å²) >= 11 is 3.94. The van der Waals surface area contributed by atoms with Crippen molar-refractivity contribution in [1.82, 2.24) is 0 Å². The van der Waals surface area contributed by atoms with E-state index in [1.54, 1.807) is 0 Å². The molecule has 1 heteroatoms. The van der Waals surface area contributed by atoms with E-state index in [9.17, 15) is 0 Å². The Morgan fingerprint density at radius 3 is 2.33 bits per heavy atom. The average Bonchev–Trinajstić information content (AvgIpc) is 2.39. The molecular weight excluding hydrogens is 284 g/mol. The molecule has 2 aromatic carbocycles. The number of rotatable bonds is 4. The Morgan fingerprint density at radius 2 is 1.67 bits per heavy atom. The molecule has 1 unspecified atom stereocenters. The van der Waals surface area contributed by atoms with Crippen LogP contribution in [0.25, 0.3) is 10.8 Å². The van der Waals surface area contributed by atoms with Crippen LogP contribution in [0.2, 0.25) is 0 Å². The van der Waals surface area contributed by atoms with Crippen molar-refractivity contribution in [3.8, 4) is 0 Å². The molecule has 18 heavy (non-hydrogen) atoms. The Kier molecular flexibility index (Phi) is 4.45. The molecule has 0 amide bonds. The Labute approximate surface area is 119 Å². The predicted octanol–water partition coefficient (Wildman–Crippen LogP) is 6.02. The Balaban J connectivity index is 2.58. The standard InChI is InChI=1S/C17H21Br/c1-4-13(5-2)17(18)16-12(3)10-11-14-8-6-7-9-15(14)16/h6-11,13,17H,4-5H2,1-3H3. The van der Waals surface area contributed by atoms with E-state index in [4.69, 9.17) is 0 Å². The lowest BCUT2D eigenvalue weighted by molar-refractivity contribution is 0.487. The predicted molar refractivity (Wildman–Crippen MR) is 84.4 cm³/mol. The van der Waals surface area contributed by atoms with Gasteiger partial charge in [0, 0.05) is 4.83 Å². The van der Waals surface area contributed by atoms with Gasteiger partial charge in [-0.25, -0.2) is 0 Å². The van der Waals surface area contributed by atoms with Gasteiger partial charge in [0.1, 0.15) is 0 Å². The van der Waals surface area contributed by atoms with Crippen LogP contribution < -0.4 is 0 Å². The van der Waals surface area contributed by atoms with Gasteiger partial charge in [-0.05, 0) is 34.7 Å². The molecule has 0 spiro atoms. The third-order valence-corrected chi connectivity index (χ3v) is 5.13. The second-order valence-electron chi connectivity index (χ2n) is 5.00.